The molecular weight excluding hydrogens is 440 g/mol. The largest absolute Gasteiger partial charge is 0.379 e. The molecular formula is C30H46O5. The van der Waals surface area contributed by atoms with Crippen molar-refractivity contribution in [1.29, 1.82) is 0 Å². The average molecular weight is 487 g/mol. The maximum absolute atomic E-state index is 6.62. The zero-order chi connectivity index (χ0) is 24.8. The molecule has 2 aromatic rings. The Bertz CT molecular complexity index is 648. The minimum Gasteiger partial charge on any atom is -0.379 e. The second-order valence-electron chi connectivity index (χ2n) is 8.84. The smallest absolute Gasteiger partial charge is 0.0853 e. The van der Waals surface area contributed by atoms with E-state index in [2.05, 4.69) is 62.4 Å². The van der Waals surface area contributed by atoms with Crippen LogP contribution in [0.25, 0.3) is 0 Å². The van der Waals surface area contributed by atoms with Gasteiger partial charge >= 0.3 is 0 Å². The summed E-state index contributed by atoms with van der Waals surface area (Å²) in [6.07, 6.45) is 5.92. The Hall–Kier alpha value is -1.76. The number of unbranched alkanes of at least 4 members (excludes halogenated alkanes) is 2. The molecule has 0 saturated heterocycles. The van der Waals surface area contributed by atoms with Crippen molar-refractivity contribution in [2.45, 2.75) is 64.6 Å². The highest BCUT2D eigenvalue weighted by atomic mass is 16.6. The molecule has 0 aromatic heterocycles. The third kappa shape index (κ3) is 15.1. The van der Waals surface area contributed by atoms with Gasteiger partial charge < -0.3 is 23.7 Å². The molecule has 2 unspecified atom stereocenters. The highest BCUT2D eigenvalue weighted by Gasteiger charge is 2.19. The Kier molecular flexibility index (Phi) is 17.2. The van der Waals surface area contributed by atoms with Crippen LogP contribution in [0.4, 0.5) is 0 Å². The number of ether oxygens (including phenoxy) is 5. The van der Waals surface area contributed by atoms with E-state index >= 15 is 0 Å². The summed E-state index contributed by atoms with van der Waals surface area (Å²) in [6, 6.07) is 20.9. The van der Waals surface area contributed by atoms with Crippen LogP contribution in [0.3, 0.4) is 0 Å². The minimum atomic E-state index is -0.0637. The van der Waals surface area contributed by atoms with Crippen LogP contribution in [0, 0.1) is 0 Å². The maximum Gasteiger partial charge on any atom is 0.0853 e. The first-order chi connectivity index (χ1) is 17.3. The third-order valence-corrected chi connectivity index (χ3v) is 5.63. The first-order valence-corrected chi connectivity index (χ1v) is 13.4. The molecule has 0 aliphatic rings. The van der Waals surface area contributed by atoms with Crippen LogP contribution in [0.1, 0.15) is 50.7 Å². The molecule has 0 N–H and O–H groups in total. The van der Waals surface area contributed by atoms with Gasteiger partial charge in [0.15, 0.2) is 0 Å². The lowest BCUT2D eigenvalue weighted by Crippen LogP contribution is -2.33. The van der Waals surface area contributed by atoms with Gasteiger partial charge in [-0.2, -0.15) is 0 Å². The van der Waals surface area contributed by atoms with Crippen molar-refractivity contribution in [2.24, 2.45) is 0 Å². The van der Waals surface area contributed by atoms with Crippen LogP contribution in [-0.4, -0.2) is 65.1 Å². The third-order valence-electron chi connectivity index (χ3n) is 5.63. The van der Waals surface area contributed by atoms with E-state index in [1.54, 1.807) is 0 Å². The van der Waals surface area contributed by atoms with E-state index in [-0.39, 0.29) is 12.2 Å². The van der Waals surface area contributed by atoms with Gasteiger partial charge in [0.25, 0.3) is 0 Å². The monoisotopic (exact) mass is 486 g/mol. The normalized spacial score (nSPS) is 13.1. The molecule has 0 amide bonds. The summed E-state index contributed by atoms with van der Waals surface area (Å²) >= 11 is 0. The van der Waals surface area contributed by atoms with E-state index in [1.807, 2.05) is 12.1 Å². The lowest BCUT2D eigenvalue weighted by atomic mass is 10.1. The van der Waals surface area contributed by atoms with Gasteiger partial charge in [0.1, 0.15) is 0 Å². The first kappa shape index (κ1) is 29.5. The summed E-state index contributed by atoms with van der Waals surface area (Å²) in [5, 5.41) is 0. The van der Waals surface area contributed by atoms with E-state index < -0.39 is 0 Å². The van der Waals surface area contributed by atoms with Crippen LogP contribution in [0.5, 0.6) is 0 Å². The predicted molar refractivity (Wildman–Crippen MR) is 142 cm³/mol. The zero-order valence-electron chi connectivity index (χ0n) is 21.9. The molecule has 0 heterocycles. The van der Waals surface area contributed by atoms with Crippen LogP contribution in [-0.2, 0) is 36.5 Å². The fraction of sp³-hybridized carbons (Fsp3) is 0.600. The molecule has 0 bridgehead atoms. The molecule has 196 valence electrons. The first-order valence-electron chi connectivity index (χ1n) is 13.4. The van der Waals surface area contributed by atoms with Gasteiger partial charge in [0, 0.05) is 26.1 Å². The van der Waals surface area contributed by atoms with Crippen molar-refractivity contribution in [3.05, 3.63) is 71.8 Å². The van der Waals surface area contributed by atoms with Crippen LogP contribution < -0.4 is 0 Å². The van der Waals surface area contributed by atoms with Gasteiger partial charge in [-0.25, -0.2) is 0 Å². The number of rotatable bonds is 22. The standard InChI is InChI=1S/C30H46O5/c1-3-5-17-31-19-21-33-25-29(23-27-13-9-7-10-14-27)35-30(24-28-15-11-8-12-16-28)26-34-22-20-32-18-6-4-2/h7-16,29-30H,3-6,17-26H2,1-2H3. The second-order valence-corrected chi connectivity index (χ2v) is 8.84. The van der Waals surface area contributed by atoms with Crippen LogP contribution in [0.15, 0.2) is 60.7 Å². The molecule has 5 heteroatoms. The predicted octanol–water partition coefficient (Wildman–Crippen LogP) is 5.89. The molecule has 0 saturated carbocycles. The Morgan fingerprint density at radius 1 is 0.514 bits per heavy atom. The summed E-state index contributed by atoms with van der Waals surface area (Å²) < 4.78 is 29.8. The van der Waals surface area contributed by atoms with Crippen LogP contribution in [0.2, 0.25) is 0 Å². The molecule has 5 nitrogen and oxygen atoms in total. The topological polar surface area (TPSA) is 46.2 Å². The molecule has 0 aliphatic heterocycles. The van der Waals surface area contributed by atoms with Crippen molar-refractivity contribution >= 4 is 0 Å². The van der Waals surface area contributed by atoms with E-state index in [4.69, 9.17) is 23.7 Å². The summed E-state index contributed by atoms with van der Waals surface area (Å²) in [5.41, 5.74) is 2.48. The van der Waals surface area contributed by atoms with Crippen molar-refractivity contribution in [2.75, 3.05) is 52.9 Å². The Morgan fingerprint density at radius 2 is 0.914 bits per heavy atom. The molecule has 0 radical (unpaired) electrons. The van der Waals surface area contributed by atoms with E-state index in [0.717, 1.165) is 51.7 Å². The fourth-order valence-electron chi connectivity index (χ4n) is 3.68. The SMILES string of the molecule is CCCCOCCOCC(Cc1ccccc1)OC(COCCOCCCC)Cc1ccccc1. The van der Waals surface area contributed by atoms with E-state index in [0.29, 0.717) is 39.6 Å². The van der Waals surface area contributed by atoms with Crippen LogP contribution >= 0.6 is 0 Å². The summed E-state index contributed by atoms with van der Waals surface area (Å²) in [7, 11) is 0. The van der Waals surface area contributed by atoms with Gasteiger partial charge in [-0.05, 0) is 24.0 Å². The molecule has 2 rings (SSSR count). The van der Waals surface area contributed by atoms with Gasteiger partial charge in [0.05, 0.1) is 51.8 Å². The molecule has 0 aliphatic carbocycles. The summed E-state index contributed by atoms with van der Waals surface area (Å²) in [4.78, 5) is 0. The van der Waals surface area contributed by atoms with Crippen molar-refractivity contribution in [3.63, 3.8) is 0 Å². The lowest BCUT2D eigenvalue weighted by Gasteiger charge is -2.25. The van der Waals surface area contributed by atoms with E-state index in [1.165, 1.54) is 11.1 Å². The Balaban J connectivity index is 1.90. The lowest BCUT2D eigenvalue weighted by molar-refractivity contribution is -0.0920. The zero-order valence-corrected chi connectivity index (χ0v) is 21.9. The quantitative estimate of drug-likeness (QED) is 0.194. The Morgan fingerprint density at radius 3 is 1.31 bits per heavy atom. The molecule has 0 fully saturated rings. The number of benzene rings is 2. The van der Waals surface area contributed by atoms with Crippen molar-refractivity contribution < 1.29 is 23.7 Å². The van der Waals surface area contributed by atoms with Gasteiger partial charge in [0.2, 0.25) is 0 Å². The molecule has 2 atom stereocenters. The van der Waals surface area contributed by atoms with Gasteiger partial charge in [-0.3, -0.25) is 0 Å². The second kappa shape index (κ2) is 20.4. The average Bonchev–Trinajstić information content (AvgIpc) is 2.88. The number of hydrogen-bond acceptors (Lipinski definition) is 5. The molecule has 0 spiro atoms. The van der Waals surface area contributed by atoms with Crippen molar-refractivity contribution in [3.8, 4) is 0 Å². The van der Waals surface area contributed by atoms with Crippen molar-refractivity contribution in [1.82, 2.24) is 0 Å². The fourth-order valence-corrected chi connectivity index (χ4v) is 3.68. The highest BCUT2D eigenvalue weighted by molar-refractivity contribution is 5.17. The Labute approximate surface area is 213 Å². The minimum absolute atomic E-state index is 0.0637. The summed E-state index contributed by atoms with van der Waals surface area (Å²) in [6.45, 7) is 9.36. The van der Waals surface area contributed by atoms with E-state index in [9.17, 15) is 0 Å². The maximum atomic E-state index is 6.62. The van der Waals surface area contributed by atoms with Gasteiger partial charge in [-0.1, -0.05) is 87.4 Å². The number of hydrogen-bond donors (Lipinski definition) is 0. The highest BCUT2D eigenvalue weighted by Crippen LogP contribution is 2.14. The molecule has 2 aromatic carbocycles. The van der Waals surface area contributed by atoms with Gasteiger partial charge in [-0.15, -0.1) is 0 Å². The molecule has 35 heavy (non-hydrogen) atoms. The summed E-state index contributed by atoms with van der Waals surface area (Å²) in [5.74, 6) is 0.